The van der Waals surface area contributed by atoms with Crippen molar-refractivity contribution in [2.75, 3.05) is 0 Å². The topological polar surface area (TPSA) is 52.1 Å². The van der Waals surface area contributed by atoms with Crippen LogP contribution in [-0.4, -0.2) is 15.9 Å². The molecule has 1 aromatic carbocycles. The Morgan fingerprint density at radius 1 is 1.26 bits per heavy atom. The molecule has 1 heterocycles. The predicted octanol–water partition coefficient (Wildman–Crippen LogP) is 2.75. The van der Waals surface area contributed by atoms with Crippen LogP contribution in [0.3, 0.4) is 0 Å². The summed E-state index contributed by atoms with van der Waals surface area (Å²) in [6.45, 7) is 2.11. The first-order valence-corrected chi connectivity index (χ1v) is 6.36. The quantitative estimate of drug-likeness (QED) is 0.773. The van der Waals surface area contributed by atoms with E-state index in [-0.39, 0.29) is 5.97 Å². The Bertz CT molecular complexity index is 611. The van der Waals surface area contributed by atoms with Crippen molar-refractivity contribution in [3.63, 3.8) is 0 Å². The fourth-order valence-corrected chi connectivity index (χ4v) is 2.41. The fraction of sp³-hybridized carbons (Fsp3) is 0.267. The molecule has 0 saturated carbocycles. The molecule has 0 bridgehead atoms. The van der Waals surface area contributed by atoms with E-state index in [1.54, 1.807) is 12.1 Å². The Morgan fingerprint density at radius 2 is 2.05 bits per heavy atom. The van der Waals surface area contributed by atoms with Crippen LogP contribution in [0, 0.1) is 0 Å². The Hall–Kier alpha value is -2.23. The van der Waals surface area contributed by atoms with Gasteiger partial charge in [0.25, 0.3) is 0 Å². The van der Waals surface area contributed by atoms with Crippen molar-refractivity contribution in [1.29, 1.82) is 0 Å². The summed E-state index contributed by atoms with van der Waals surface area (Å²) in [5, 5.41) is 0. The van der Waals surface area contributed by atoms with E-state index in [1.807, 2.05) is 18.2 Å². The van der Waals surface area contributed by atoms with Crippen LogP contribution in [0.2, 0.25) is 0 Å². The zero-order valence-corrected chi connectivity index (χ0v) is 10.7. The van der Waals surface area contributed by atoms with Crippen molar-refractivity contribution in [2.24, 2.45) is 0 Å². The molecule has 96 valence electrons. The number of fused-ring (bicyclic) bond motifs is 1. The summed E-state index contributed by atoms with van der Waals surface area (Å²) in [5.41, 5.74) is 2.51. The van der Waals surface area contributed by atoms with E-state index in [0.29, 0.717) is 17.4 Å². The van der Waals surface area contributed by atoms with E-state index < -0.39 is 0 Å². The highest BCUT2D eigenvalue weighted by molar-refractivity contribution is 5.90. The van der Waals surface area contributed by atoms with Gasteiger partial charge in [-0.05, 0) is 30.9 Å². The summed E-state index contributed by atoms with van der Waals surface area (Å²) >= 11 is 0. The van der Waals surface area contributed by atoms with Gasteiger partial charge in [0.15, 0.2) is 0 Å². The highest BCUT2D eigenvalue weighted by Gasteiger charge is 2.26. The van der Waals surface area contributed by atoms with Crippen LogP contribution in [0.1, 0.15) is 40.9 Å². The SMILES string of the molecule is C[C@@H]1CCc2ncnc(OC(=O)c3ccccc3)c21. The van der Waals surface area contributed by atoms with Gasteiger partial charge in [-0.1, -0.05) is 25.1 Å². The van der Waals surface area contributed by atoms with E-state index in [0.717, 1.165) is 24.1 Å². The highest BCUT2D eigenvalue weighted by atomic mass is 16.5. The minimum Gasteiger partial charge on any atom is -0.403 e. The second kappa shape index (κ2) is 4.80. The average Bonchev–Trinajstić information content (AvgIpc) is 2.83. The molecule has 4 nitrogen and oxygen atoms in total. The van der Waals surface area contributed by atoms with E-state index in [4.69, 9.17) is 4.74 Å². The molecule has 0 unspecified atom stereocenters. The van der Waals surface area contributed by atoms with Crippen LogP contribution >= 0.6 is 0 Å². The summed E-state index contributed by atoms with van der Waals surface area (Å²) < 4.78 is 5.42. The molecule has 3 rings (SSSR count). The van der Waals surface area contributed by atoms with Gasteiger partial charge in [0.2, 0.25) is 5.88 Å². The third-order valence-electron chi connectivity index (χ3n) is 3.44. The lowest BCUT2D eigenvalue weighted by Gasteiger charge is -2.10. The molecule has 1 atom stereocenters. The summed E-state index contributed by atoms with van der Waals surface area (Å²) in [5.74, 6) is 0.374. The maximum Gasteiger partial charge on any atom is 0.344 e. The number of benzene rings is 1. The van der Waals surface area contributed by atoms with E-state index in [2.05, 4.69) is 16.9 Å². The summed E-state index contributed by atoms with van der Waals surface area (Å²) in [7, 11) is 0. The number of carbonyl (C=O) groups excluding carboxylic acids is 1. The van der Waals surface area contributed by atoms with Crippen molar-refractivity contribution >= 4 is 5.97 Å². The predicted molar refractivity (Wildman–Crippen MR) is 70.2 cm³/mol. The first-order chi connectivity index (χ1) is 9.25. The molecule has 0 fully saturated rings. The van der Waals surface area contributed by atoms with Crippen molar-refractivity contribution < 1.29 is 9.53 Å². The molecule has 4 heteroatoms. The summed E-state index contributed by atoms with van der Waals surface area (Å²) in [4.78, 5) is 20.4. The van der Waals surface area contributed by atoms with Crippen LogP contribution in [-0.2, 0) is 6.42 Å². The number of esters is 1. The van der Waals surface area contributed by atoms with Gasteiger partial charge in [0, 0.05) is 5.56 Å². The molecule has 0 spiro atoms. The zero-order chi connectivity index (χ0) is 13.2. The monoisotopic (exact) mass is 254 g/mol. The first kappa shape index (κ1) is 11.8. The van der Waals surface area contributed by atoms with Gasteiger partial charge in [0.05, 0.1) is 11.3 Å². The van der Waals surface area contributed by atoms with E-state index >= 15 is 0 Å². The number of aryl methyl sites for hydroxylation is 1. The maximum absolute atomic E-state index is 12.0. The van der Waals surface area contributed by atoms with Gasteiger partial charge >= 0.3 is 5.97 Å². The number of nitrogens with zero attached hydrogens (tertiary/aromatic N) is 2. The van der Waals surface area contributed by atoms with Crippen LogP contribution in [0.5, 0.6) is 5.88 Å². The third-order valence-corrected chi connectivity index (χ3v) is 3.44. The number of rotatable bonds is 2. The number of aromatic nitrogens is 2. The van der Waals surface area contributed by atoms with Gasteiger partial charge < -0.3 is 4.74 Å². The normalized spacial score (nSPS) is 17.0. The average molecular weight is 254 g/mol. The van der Waals surface area contributed by atoms with Crippen LogP contribution in [0.15, 0.2) is 36.7 Å². The lowest BCUT2D eigenvalue weighted by Crippen LogP contribution is -2.11. The van der Waals surface area contributed by atoms with Crippen molar-refractivity contribution in [3.8, 4) is 5.88 Å². The largest absolute Gasteiger partial charge is 0.403 e. The van der Waals surface area contributed by atoms with Crippen molar-refractivity contribution in [3.05, 3.63) is 53.5 Å². The molecule has 0 aliphatic heterocycles. The van der Waals surface area contributed by atoms with E-state index in [9.17, 15) is 4.79 Å². The molecule has 0 amide bonds. The van der Waals surface area contributed by atoms with Crippen molar-refractivity contribution in [1.82, 2.24) is 9.97 Å². The molecule has 1 aliphatic carbocycles. The molecule has 0 radical (unpaired) electrons. The van der Waals surface area contributed by atoms with Crippen LogP contribution in [0.25, 0.3) is 0 Å². The van der Waals surface area contributed by atoms with Crippen LogP contribution < -0.4 is 4.74 Å². The number of carbonyl (C=O) groups is 1. The molecule has 19 heavy (non-hydrogen) atoms. The lowest BCUT2D eigenvalue weighted by atomic mass is 10.1. The molecule has 1 aliphatic rings. The smallest absolute Gasteiger partial charge is 0.344 e. The highest BCUT2D eigenvalue weighted by Crippen LogP contribution is 2.36. The van der Waals surface area contributed by atoms with Gasteiger partial charge in [0.1, 0.15) is 6.33 Å². The Kier molecular flexibility index (Phi) is 2.99. The van der Waals surface area contributed by atoms with Crippen molar-refractivity contribution in [2.45, 2.75) is 25.7 Å². The molecule has 2 aromatic rings. The molecular weight excluding hydrogens is 240 g/mol. The zero-order valence-electron chi connectivity index (χ0n) is 10.7. The van der Waals surface area contributed by atoms with E-state index in [1.165, 1.54) is 6.33 Å². The standard InChI is InChI=1S/C15H14N2O2/c1-10-7-8-12-13(10)14(17-9-16-12)19-15(18)11-5-3-2-4-6-11/h2-6,9-10H,7-8H2,1H3/t10-/m1/s1. The first-order valence-electron chi connectivity index (χ1n) is 6.36. The maximum atomic E-state index is 12.0. The van der Waals surface area contributed by atoms with Gasteiger partial charge in [-0.3, -0.25) is 0 Å². The summed E-state index contributed by atoms with van der Waals surface area (Å²) in [6.07, 6.45) is 3.42. The minimum atomic E-state index is -0.374. The molecule has 0 saturated heterocycles. The molecule has 0 N–H and O–H groups in total. The third kappa shape index (κ3) is 2.21. The summed E-state index contributed by atoms with van der Waals surface area (Å²) in [6, 6.07) is 8.94. The van der Waals surface area contributed by atoms with Gasteiger partial charge in [-0.25, -0.2) is 14.8 Å². The molecule has 1 aromatic heterocycles. The Labute approximate surface area is 111 Å². The van der Waals surface area contributed by atoms with Gasteiger partial charge in [-0.2, -0.15) is 0 Å². The number of hydrogen-bond donors (Lipinski definition) is 0. The minimum absolute atomic E-state index is 0.342. The Balaban J connectivity index is 1.89. The number of hydrogen-bond acceptors (Lipinski definition) is 4. The fourth-order valence-electron chi connectivity index (χ4n) is 2.41. The van der Waals surface area contributed by atoms with Crippen LogP contribution in [0.4, 0.5) is 0 Å². The second-order valence-electron chi connectivity index (χ2n) is 4.73. The Morgan fingerprint density at radius 3 is 2.84 bits per heavy atom. The lowest BCUT2D eigenvalue weighted by molar-refractivity contribution is 0.0725. The van der Waals surface area contributed by atoms with Gasteiger partial charge in [-0.15, -0.1) is 0 Å². The number of ether oxygens (including phenoxy) is 1. The molecular formula is C15H14N2O2. The second-order valence-corrected chi connectivity index (χ2v) is 4.73.